The smallest absolute Gasteiger partial charge is 0.336 e. The van der Waals surface area contributed by atoms with E-state index in [9.17, 15) is 4.79 Å². The Balaban J connectivity index is 1.63. The maximum Gasteiger partial charge on any atom is 0.336 e. The third kappa shape index (κ3) is 3.52. The molecule has 1 aromatic heterocycles. The summed E-state index contributed by atoms with van der Waals surface area (Å²) in [6.07, 6.45) is 0. The summed E-state index contributed by atoms with van der Waals surface area (Å²) in [5.74, 6) is 1.58. The molecule has 0 bridgehead atoms. The minimum absolute atomic E-state index is 0.332. The van der Waals surface area contributed by atoms with Crippen molar-refractivity contribution < 1.29 is 9.15 Å². The lowest BCUT2D eigenvalue weighted by molar-refractivity contribution is 0.343. The summed E-state index contributed by atoms with van der Waals surface area (Å²) in [4.78, 5) is 12.6. The summed E-state index contributed by atoms with van der Waals surface area (Å²) in [5.41, 5.74) is 1.15. The average Bonchev–Trinajstić information content (AvgIpc) is 2.52. The highest BCUT2D eigenvalue weighted by atomic mass is 32.2. The van der Waals surface area contributed by atoms with Gasteiger partial charge in [0, 0.05) is 28.2 Å². The molecule has 2 aromatic carbocycles. The summed E-state index contributed by atoms with van der Waals surface area (Å²) < 4.78 is 11.0. The van der Waals surface area contributed by atoms with E-state index in [1.165, 1.54) is 11.0 Å². The van der Waals surface area contributed by atoms with Crippen molar-refractivity contribution in [2.75, 3.05) is 12.4 Å². The lowest BCUT2D eigenvalue weighted by Gasteiger charge is -2.07. The molecule has 0 aliphatic rings. The monoisotopic (exact) mass is 312 g/mol. The molecule has 0 aliphatic heterocycles. The van der Waals surface area contributed by atoms with Crippen molar-refractivity contribution in [3.63, 3.8) is 0 Å². The highest BCUT2D eigenvalue weighted by Gasteiger charge is 2.04. The largest absolute Gasteiger partial charge is 0.493 e. The van der Waals surface area contributed by atoms with Crippen LogP contribution in [-0.4, -0.2) is 12.4 Å². The Labute approximate surface area is 132 Å². The second-order valence-electron chi connectivity index (χ2n) is 4.92. The van der Waals surface area contributed by atoms with Crippen molar-refractivity contribution >= 4 is 22.7 Å². The molecule has 112 valence electrons. The standard InChI is InChI=1S/C18H16O3S/c1-13-11-18(19)21-17-12-14(7-8-16(13)17)20-9-10-22-15-5-3-2-4-6-15/h2-8,11-12H,9-10H2,1H3. The Morgan fingerprint density at radius 1 is 1.09 bits per heavy atom. The Morgan fingerprint density at radius 3 is 2.73 bits per heavy atom. The third-order valence-corrected chi connectivity index (χ3v) is 4.26. The first-order valence-corrected chi connectivity index (χ1v) is 8.06. The molecule has 0 N–H and O–H groups in total. The van der Waals surface area contributed by atoms with Crippen LogP contribution in [0.2, 0.25) is 0 Å². The molecule has 0 saturated heterocycles. The minimum Gasteiger partial charge on any atom is -0.493 e. The molecule has 0 atom stereocenters. The van der Waals surface area contributed by atoms with Gasteiger partial charge in [0.1, 0.15) is 11.3 Å². The first-order chi connectivity index (χ1) is 10.7. The zero-order chi connectivity index (χ0) is 15.4. The number of hydrogen-bond donors (Lipinski definition) is 0. The summed E-state index contributed by atoms with van der Waals surface area (Å²) >= 11 is 1.75. The van der Waals surface area contributed by atoms with E-state index in [2.05, 4.69) is 12.1 Å². The van der Waals surface area contributed by atoms with Crippen molar-refractivity contribution in [2.45, 2.75) is 11.8 Å². The van der Waals surface area contributed by atoms with Gasteiger partial charge in [-0.15, -0.1) is 11.8 Å². The maximum atomic E-state index is 11.4. The predicted molar refractivity (Wildman–Crippen MR) is 89.9 cm³/mol. The number of benzene rings is 2. The first kappa shape index (κ1) is 14.7. The normalized spacial score (nSPS) is 10.8. The topological polar surface area (TPSA) is 39.4 Å². The molecule has 0 amide bonds. The molecule has 0 aliphatic carbocycles. The average molecular weight is 312 g/mol. The molecule has 0 unspecified atom stereocenters. The Bertz CT molecular complexity index is 825. The van der Waals surface area contributed by atoms with E-state index in [0.29, 0.717) is 12.2 Å². The number of hydrogen-bond acceptors (Lipinski definition) is 4. The SMILES string of the molecule is Cc1cc(=O)oc2cc(OCCSc3ccccc3)ccc12. The lowest BCUT2D eigenvalue weighted by Crippen LogP contribution is -2.01. The number of ether oxygens (including phenoxy) is 1. The van der Waals surface area contributed by atoms with E-state index in [-0.39, 0.29) is 5.63 Å². The summed E-state index contributed by atoms with van der Waals surface area (Å²) in [5, 5.41) is 0.936. The summed E-state index contributed by atoms with van der Waals surface area (Å²) in [7, 11) is 0. The molecule has 22 heavy (non-hydrogen) atoms. The van der Waals surface area contributed by atoms with Gasteiger partial charge in [0.15, 0.2) is 0 Å². The van der Waals surface area contributed by atoms with Gasteiger partial charge in [-0.1, -0.05) is 18.2 Å². The first-order valence-electron chi connectivity index (χ1n) is 7.07. The minimum atomic E-state index is -0.332. The van der Waals surface area contributed by atoms with Crippen LogP contribution in [0, 0.1) is 6.92 Å². The van der Waals surface area contributed by atoms with Crippen molar-refractivity contribution in [1.29, 1.82) is 0 Å². The van der Waals surface area contributed by atoms with Gasteiger partial charge in [-0.2, -0.15) is 0 Å². The Kier molecular flexibility index (Phi) is 4.49. The number of rotatable bonds is 5. The van der Waals surface area contributed by atoms with Crippen LogP contribution in [0.3, 0.4) is 0 Å². The molecular weight excluding hydrogens is 296 g/mol. The molecule has 4 heteroatoms. The van der Waals surface area contributed by atoms with E-state index in [1.54, 1.807) is 17.8 Å². The van der Waals surface area contributed by atoms with Gasteiger partial charge in [0.25, 0.3) is 0 Å². The second kappa shape index (κ2) is 6.71. The molecule has 0 saturated carbocycles. The maximum absolute atomic E-state index is 11.4. The Hall–Kier alpha value is -2.20. The van der Waals surface area contributed by atoms with E-state index >= 15 is 0 Å². The quantitative estimate of drug-likeness (QED) is 0.401. The van der Waals surface area contributed by atoms with Crippen LogP contribution in [0.4, 0.5) is 0 Å². The zero-order valence-electron chi connectivity index (χ0n) is 12.2. The van der Waals surface area contributed by atoms with Gasteiger partial charge in [0.05, 0.1) is 6.61 Å². The van der Waals surface area contributed by atoms with Crippen LogP contribution in [0.1, 0.15) is 5.56 Å². The number of aryl methyl sites for hydroxylation is 1. The molecular formula is C18H16O3S. The van der Waals surface area contributed by atoms with Crippen LogP contribution in [0.15, 0.2) is 68.7 Å². The van der Waals surface area contributed by atoms with Gasteiger partial charge < -0.3 is 9.15 Å². The fourth-order valence-corrected chi connectivity index (χ4v) is 2.98. The van der Waals surface area contributed by atoms with Crippen LogP contribution >= 0.6 is 11.8 Å². The van der Waals surface area contributed by atoms with Crippen LogP contribution in [0.5, 0.6) is 5.75 Å². The summed E-state index contributed by atoms with van der Waals surface area (Å²) in [6, 6.07) is 17.3. The van der Waals surface area contributed by atoms with Gasteiger partial charge in [0.2, 0.25) is 0 Å². The molecule has 1 heterocycles. The van der Waals surface area contributed by atoms with Crippen LogP contribution in [-0.2, 0) is 0 Å². The third-order valence-electron chi connectivity index (χ3n) is 3.29. The zero-order valence-corrected chi connectivity index (χ0v) is 13.1. The molecule has 3 nitrogen and oxygen atoms in total. The Morgan fingerprint density at radius 2 is 1.91 bits per heavy atom. The van der Waals surface area contributed by atoms with Crippen LogP contribution in [0.25, 0.3) is 11.0 Å². The van der Waals surface area contributed by atoms with Gasteiger partial charge in [-0.25, -0.2) is 4.79 Å². The fraction of sp³-hybridized carbons (Fsp3) is 0.167. The highest BCUT2D eigenvalue weighted by Crippen LogP contribution is 2.23. The van der Waals surface area contributed by atoms with Crippen molar-refractivity contribution in [1.82, 2.24) is 0 Å². The van der Waals surface area contributed by atoms with Crippen molar-refractivity contribution in [2.24, 2.45) is 0 Å². The molecule has 0 fully saturated rings. The van der Waals surface area contributed by atoms with Gasteiger partial charge >= 0.3 is 5.63 Å². The predicted octanol–water partition coefficient (Wildman–Crippen LogP) is 4.27. The number of fused-ring (bicyclic) bond motifs is 1. The van der Waals surface area contributed by atoms with Crippen molar-refractivity contribution in [3.05, 3.63) is 70.6 Å². The van der Waals surface area contributed by atoms with Gasteiger partial charge in [-0.05, 0) is 36.8 Å². The van der Waals surface area contributed by atoms with E-state index < -0.39 is 0 Å². The molecule has 3 rings (SSSR count). The van der Waals surface area contributed by atoms with E-state index in [1.807, 2.05) is 37.3 Å². The lowest BCUT2D eigenvalue weighted by atomic mass is 10.1. The second-order valence-corrected chi connectivity index (χ2v) is 6.08. The molecule has 0 spiro atoms. The van der Waals surface area contributed by atoms with Crippen molar-refractivity contribution in [3.8, 4) is 5.75 Å². The van der Waals surface area contributed by atoms with Gasteiger partial charge in [-0.3, -0.25) is 0 Å². The number of thioether (sulfide) groups is 1. The highest BCUT2D eigenvalue weighted by molar-refractivity contribution is 7.99. The molecule has 3 aromatic rings. The van der Waals surface area contributed by atoms with E-state index in [0.717, 1.165) is 22.5 Å². The summed E-state index contributed by atoms with van der Waals surface area (Å²) in [6.45, 7) is 2.50. The fourth-order valence-electron chi connectivity index (χ4n) is 2.23. The van der Waals surface area contributed by atoms with Crippen LogP contribution < -0.4 is 10.4 Å². The van der Waals surface area contributed by atoms with E-state index in [4.69, 9.17) is 9.15 Å². The molecule has 0 radical (unpaired) electrons.